The predicted molar refractivity (Wildman–Crippen MR) is 137 cm³/mol. The molecule has 36 heavy (non-hydrogen) atoms. The summed E-state index contributed by atoms with van der Waals surface area (Å²) in [5, 5.41) is 20.6. The first-order valence-corrected chi connectivity index (χ1v) is 12.6. The number of benzene rings is 3. The van der Waals surface area contributed by atoms with Crippen molar-refractivity contribution in [2.24, 2.45) is 0 Å². The molecule has 0 aromatic heterocycles. The van der Waals surface area contributed by atoms with Crippen molar-refractivity contribution in [2.45, 2.75) is 63.2 Å². The smallest absolute Gasteiger partial charge is 0.115 e. The van der Waals surface area contributed by atoms with Crippen molar-refractivity contribution in [2.75, 3.05) is 13.2 Å². The van der Waals surface area contributed by atoms with Gasteiger partial charge in [0, 0.05) is 6.61 Å². The van der Waals surface area contributed by atoms with Crippen LogP contribution in [0.15, 0.2) is 91.0 Å². The predicted octanol–water partition coefficient (Wildman–Crippen LogP) is 4.27. The molecule has 1 saturated heterocycles. The zero-order valence-electron chi connectivity index (χ0n) is 20.5. The fourth-order valence-corrected chi connectivity index (χ4v) is 4.46. The highest BCUT2D eigenvalue weighted by Crippen LogP contribution is 2.30. The van der Waals surface area contributed by atoms with E-state index in [1.807, 2.05) is 91.0 Å². The lowest BCUT2D eigenvalue weighted by Crippen LogP contribution is -2.60. The molecule has 6 heteroatoms. The number of aliphatic hydroxyl groups is 2. The summed E-state index contributed by atoms with van der Waals surface area (Å²) >= 11 is 0. The maximum Gasteiger partial charge on any atom is 0.115 e. The van der Waals surface area contributed by atoms with Gasteiger partial charge in [0.15, 0.2) is 0 Å². The summed E-state index contributed by atoms with van der Waals surface area (Å²) in [6.07, 6.45) is -1.93. The average Bonchev–Trinajstić information content (AvgIpc) is 2.93. The van der Waals surface area contributed by atoms with Gasteiger partial charge in [-0.15, -0.1) is 0 Å². The monoisotopic (exact) mass is 492 g/mol. The van der Waals surface area contributed by atoms with Crippen molar-refractivity contribution in [3.05, 3.63) is 108 Å². The van der Waals surface area contributed by atoms with Gasteiger partial charge in [0.1, 0.15) is 24.4 Å². The summed E-state index contributed by atoms with van der Waals surface area (Å²) in [6.45, 7) is 1.49. The zero-order valence-corrected chi connectivity index (χ0v) is 20.5. The van der Waals surface area contributed by atoms with Gasteiger partial charge in [-0.05, 0) is 29.5 Å². The molecule has 1 heterocycles. The first-order valence-electron chi connectivity index (χ1n) is 12.6. The fourth-order valence-electron chi connectivity index (χ4n) is 4.46. The maximum atomic E-state index is 11.3. The van der Waals surface area contributed by atoms with Gasteiger partial charge in [-0.25, -0.2) is 0 Å². The van der Waals surface area contributed by atoms with Gasteiger partial charge in [-0.1, -0.05) is 91.0 Å². The summed E-state index contributed by atoms with van der Waals surface area (Å²) in [7, 11) is 0. The average molecular weight is 493 g/mol. The van der Waals surface area contributed by atoms with E-state index in [2.05, 4.69) is 0 Å². The van der Waals surface area contributed by atoms with Gasteiger partial charge in [0.05, 0.1) is 32.5 Å². The van der Waals surface area contributed by atoms with Crippen molar-refractivity contribution >= 4 is 0 Å². The van der Waals surface area contributed by atoms with E-state index >= 15 is 0 Å². The molecule has 2 N–H and O–H groups in total. The van der Waals surface area contributed by atoms with Crippen LogP contribution in [-0.2, 0) is 38.8 Å². The van der Waals surface area contributed by atoms with Gasteiger partial charge >= 0.3 is 0 Å². The number of hydrogen-bond acceptors (Lipinski definition) is 6. The highest BCUT2D eigenvalue weighted by atomic mass is 16.6. The van der Waals surface area contributed by atoms with E-state index in [0.29, 0.717) is 39.3 Å². The molecule has 3 aromatic carbocycles. The Bertz CT molecular complexity index is 984. The Hall–Kier alpha value is -2.58. The first-order chi connectivity index (χ1) is 17.7. The second kappa shape index (κ2) is 14.2. The first kappa shape index (κ1) is 26.5. The highest BCUT2D eigenvalue weighted by Gasteiger charge is 2.46. The summed E-state index contributed by atoms with van der Waals surface area (Å²) in [6, 6.07) is 29.8. The maximum absolute atomic E-state index is 11.3. The molecule has 0 amide bonds. The Morgan fingerprint density at radius 2 is 1.14 bits per heavy atom. The molecule has 0 bridgehead atoms. The zero-order chi connectivity index (χ0) is 25.0. The van der Waals surface area contributed by atoms with Gasteiger partial charge in [0.2, 0.25) is 0 Å². The second-order valence-corrected chi connectivity index (χ2v) is 9.09. The molecule has 192 valence electrons. The van der Waals surface area contributed by atoms with E-state index in [4.69, 9.17) is 18.9 Å². The van der Waals surface area contributed by atoms with Crippen LogP contribution in [0.3, 0.4) is 0 Å². The molecule has 5 atom stereocenters. The molecule has 4 rings (SSSR count). The van der Waals surface area contributed by atoms with E-state index in [1.165, 1.54) is 0 Å². The standard InChI is InChI=1S/C30H36O6/c31-18-10-17-26-28(32)30(35-21-25-15-8-3-9-16-25)29(34-20-24-13-6-2-7-14-24)27(36-26)22-33-19-23-11-4-1-5-12-23/h1-9,11-16,26-32H,10,17-22H2/t26-,27-,28+,29-,30-/m1/s1. The van der Waals surface area contributed by atoms with E-state index in [-0.39, 0.29) is 6.61 Å². The van der Waals surface area contributed by atoms with Crippen LogP contribution in [-0.4, -0.2) is 53.9 Å². The summed E-state index contributed by atoms with van der Waals surface area (Å²) < 4.78 is 25.1. The lowest BCUT2D eigenvalue weighted by molar-refractivity contribution is -0.262. The lowest BCUT2D eigenvalue weighted by Gasteiger charge is -2.44. The molecule has 0 spiro atoms. The molecule has 0 aliphatic carbocycles. The third-order valence-electron chi connectivity index (χ3n) is 6.37. The van der Waals surface area contributed by atoms with E-state index in [1.54, 1.807) is 0 Å². The lowest BCUT2D eigenvalue weighted by atomic mass is 9.92. The van der Waals surface area contributed by atoms with Crippen LogP contribution >= 0.6 is 0 Å². The van der Waals surface area contributed by atoms with E-state index in [0.717, 1.165) is 16.7 Å². The van der Waals surface area contributed by atoms with Crippen LogP contribution in [0.25, 0.3) is 0 Å². The Balaban J connectivity index is 1.51. The third kappa shape index (κ3) is 7.71. The van der Waals surface area contributed by atoms with Crippen molar-refractivity contribution in [3.63, 3.8) is 0 Å². The summed E-state index contributed by atoms with van der Waals surface area (Å²) in [5.41, 5.74) is 3.12. The summed E-state index contributed by atoms with van der Waals surface area (Å²) in [5.74, 6) is 0. The quantitative estimate of drug-likeness (QED) is 0.371. The molecule has 0 radical (unpaired) electrons. The largest absolute Gasteiger partial charge is 0.396 e. The number of aliphatic hydroxyl groups excluding tert-OH is 2. The molecular formula is C30H36O6. The van der Waals surface area contributed by atoms with Crippen LogP contribution in [0, 0.1) is 0 Å². The van der Waals surface area contributed by atoms with Gasteiger partial charge in [-0.3, -0.25) is 0 Å². The van der Waals surface area contributed by atoms with Crippen LogP contribution in [0.5, 0.6) is 0 Å². The van der Waals surface area contributed by atoms with Crippen LogP contribution in [0.1, 0.15) is 29.5 Å². The van der Waals surface area contributed by atoms with Crippen molar-refractivity contribution in [1.29, 1.82) is 0 Å². The van der Waals surface area contributed by atoms with Crippen molar-refractivity contribution in [1.82, 2.24) is 0 Å². The molecule has 1 aliphatic heterocycles. The SMILES string of the molecule is OCCC[C@H]1O[C@H](COCc2ccccc2)[C@@H](OCc2ccccc2)[C@H](OCc2ccccc2)[C@H]1O. The Morgan fingerprint density at radius 3 is 1.67 bits per heavy atom. The molecule has 1 aliphatic rings. The van der Waals surface area contributed by atoms with E-state index < -0.39 is 30.5 Å². The summed E-state index contributed by atoms with van der Waals surface area (Å²) in [4.78, 5) is 0. The Labute approximate surface area is 213 Å². The van der Waals surface area contributed by atoms with E-state index in [9.17, 15) is 10.2 Å². The minimum absolute atomic E-state index is 0.0330. The minimum Gasteiger partial charge on any atom is -0.396 e. The van der Waals surface area contributed by atoms with Gasteiger partial charge in [0.25, 0.3) is 0 Å². The fraction of sp³-hybridized carbons (Fsp3) is 0.400. The molecule has 3 aromatic rings. The molecular weight excluding hydrogens is 456 g/mol. The number of ether oxygens (including phenoxy) is 4. The van der Waals surface area contributed by atoms with Gasteiger partial charge in [-0.2, -0.15) is 0 Å². The number of rotatable bonds is 13. The molecule has 6 nitrogen and oxygen atoms in total. The Morgan fingerprint density at radius 1 is 0.639 bits per heavy atom. The van der Waals surface area contributed by atoms with Crippen LogP contribution < -0.4 is 0 Å². The number of hydrogen-bond donors (Lipinski definition) is 2. The second-order valence-electron chi connectivity index (χ2n) is 9.09. The minimum atomic E-state index is -0.897. The molecule has 0 unspecified atom stereocenters. The van der Waals surface area contributed by atoms with Crippen LogP contribution in [0.4, 0.5) is 0 Å². The van der Waals surface area contributed by atoms with Gasteiger partial charge < -0.3 is 29.2 Å². The normalized spacial score (nSPS) is 24.0. The Kier molecular flexibility index (Phi) is 10.5. The highest BCUT2D eigenvalue weighted by molar-refractivity contribution is 5.15. The molecule has 1 fully saturated rings. The van der Waals surface area contributed by atoms with Crippen molar-refractivity contribution < 1.29 is 29.2 Å². The van der Waals surface area contributed by atoms with Crippen molar-refractivity contribution in [3.8, 4) is 0 Å². The molecule has 0 saturated carbocycles. The van der Waals surface area contributed by atoms with Crippen LogP contribution in [0.2, 0.25) is 0 Å². The third-order valence-corrected chi connectivity index (χ3v) is 6.37. The topological polar surface area (TPSA) is 77.4 Å².